The Bertz CT molecular complexity index is 415. The summed E-state index contributed by atoms with van der Waals surface area (Å²) in [6.45, 7) is 1.95. The van der Waals surface area contributed by atoms with Gasteiger partial charge in [-0.3, -0.25) is 9.63 Å². The van der Waals surface area contributed by atoms with Crippen molar-refractivity contribution in [3.63, 3.8) is 0 Å². The molecular weight excluding hydrogens is 238 g/mol. The molecule has 0 spiro atoms. The summed E-state index contributed by atoms with van der Waals surface area (Å²) >= 11 is 0. The predicted octanol–water partition coefficient (Wildman–Crippen LogP) is 0.394. The Morgan fingerprint density at radius 3 is 2.82 bits per heavy atom. The fourth-order valence-corrected chi connectivity index (χ4v) is 3.09. The predicted molar refractivity (Wildman–Crippen MR) is 69.1 cm³/mol. The van der Waals surface area contributed by atoms with Gasteiger partial charge in [0.05, 0.1) is 0 Å². The molecule has 0 aliphatic carbocycles. The summed E-state index contributed by atoms with van der Waals surface area (Å²) in [4.78, 5) is 8.30. The highest BCUT2D eigenvalue weighted by molar-refractivity contribution is 7.85. The molecule has 7 heteroatoms. The first kappa shape index (κ1) is 12.3. The standard InChI is InChI=1S/C10H17N5OS/c1-7-6-12-10(15-11)14-9(7)13-8-2-4-17(16)5-3-8/h6,8H,2-5,11H2,1H3,(H2,12,13,14,15). The summed E-state index contributed by atoms with van der Waals surface area (Å²) in [5, 5.41) is 3.36. The molecule has 0 radical (unpaired) electrons. The number of nitrogens with two attached hydrogens (primary N) is 1. The number of nitrogens with zero attached hydrogens (tertiary/aromatic N) is 2. The Morgan fingerprint density at radius 1 is 1.47 bits per heavy atom. The number of aryl methyl sites for hydroxylation is 1. The van der Waals surface area contributed by atoms with Crippen LogP contribution in [0.25, 0.3) is 0 Å². The van der Waals surface area contributed by atoms with Crippen molar-refractivity contribution >= 4 is 22.6 Å². The molecule has 6 nitrogen and oxygen atoms in total. The van der Waals surface area contributed by atoms with E-state index in [2.05, 4.69) is 20.7 Å². The summed E-state index contributed by atoms with van der Waals surface area (Å²) < 4.78 is 11.3. The average Bonchev–Trinajstić information content (AvgIpc) is 2.35. The Hall–Kier alpha value is -1.21. The largest absolute Gasteiger partial charge is 0.367 e. The van der Waals surface area contributed by atoms with E-state index in [1.54, 1.807) is 6.20 Å². The molecule has 1 aliphatic heterocycles. The second kappa shape index (κ2) is 5.42. The summed E-state index contributed by atoms with van der Waals surface area (Å²) in [5.41, 5.74) is 3.41. The van der Waals surface area contributed by atoms with Crippen LogP contribution in [-0.2, 0) is 10.8 Å². The van der Waals surface area contributed by atoms with Gasteiger partial charge in [0.1, 0.15) is 5.82 Å². The summed E-state index contributed by atoms with van der Waals surface area (Å²) in [6.07, 6.45) is 3.56. The van der Waals surface area contributed by atoms with Crippen molar-refractivity contribution in [2.24, 2.45) is 5.84 Å². The van der Waals surface area contributed by atoms with Gasteiger partial charge in [-0.1, -0.05) is 0 Å². The molecule has 1 fully saturated rings. The molecule has 0 bridgehead atoms. The molecular formula is C10H17N5OS. The van der Waals surface area contributed by atoms with Crippen LogP contribution in [0.15, 0.2) is 6.20 Å². The molecule has 1 aliphatic rings. The van der Waals surface area contributed by atoms with E-state index in [9.17, 15) is 4.21 Å². The molecule has 17 heavy (non-hydrogen) atoms. The number of anilines is 2. The smallest absolute Gasteiger partial charge is 0.239 e. The van der Waals surface area contributed by atoms with E-state index in [1.165, 1.54) is 0 Å². The van der Waals surface area contributed by atoms with Crippen LogP contribution in [0.1, 0.15) is 18.4 Å². The highest BCUT2D eigenvalue weighted by Crippen LogP contribution is 2.18. The minimum absolute atomic E-state index is 0.340. The third kappa shape index (κ3) is 3.13. The summed E-state index contributed by atoms with van der Waals surface area (Å²) in [7, 11) is -0.635. The van der Waals surface area contributed by atoms with Gasteiger partial charge in [0.25, 0.3) is 0 Å². The second-order valence-corrected chi connectivity index (χ2v) is 5.83. The molecule has 0 saturated carbocycles. The van der Waals surface area contributed by atoms with Crippen molar-refractivity contribution in [1.82, 2.24) is 9.97 Å². The van der Waals surface area contributed by atoms with E-state index in [0.717, 1.165) is 35.7 Å². The second-order valence-electron chi connectivity index (χ2n) is 4.14. The van der Waals surface area contributed by atoms with Crippen LogP contribution >= 0.6 is 0 Å². The highest BCUT2D eigenvalue weighted by atomic mass is 32.2. The highest BCUT2D eigenvalue weighted by Gasteiger charge is 2.18. The van der Waals surface area contributed by atoms with E-state index in [0.29, 0.717) is 12.0 Å². The lowest BCUT2D eigenvalue weighted by Gasteiger charge is -2.23. The zero-order valence-corrected chi connectivity index (χ0v) is 10.6. The molecule has 1 aromatic heterocycles. The maximum atomic E-state index is 11.3. The molecule has 0 atom stereocenters. The van der Waals surface area contributed by atoms with Crippen LogP contribution in [0, 0.1) is 6.92 Å². The van der Waals surface area contributed by atoms with Crippen LogP contribution < -0.4 is 16.6 Å². The van der Waals surface area contributed by atoms with Crippen molar-refractivity contribution in [1.29, 1.82) is 0 Å². The Kier molecular flexibility index (Phi) is 3.90. The van der Waals surface area contributed by atoms with Crippen LogP contribution in [0.5, 0.6) is 0 Å². The first-order valence-electron chi connectivity index (χ1n) is 5.61. The van der Waals surface area contributed by atoms with Crippen molar-refractivity contribution in [3.8, 4) is 0 Å². The fraction of sp³-hybridized carbons (Fsp3) is 0.600. The van der Waals surface area contributed by atoms with Crippen molar-refractivity contribution in [3.05, 3.63) is 11.8 Å². The van der Waals surface area contributed by atoms with Crippen LogP contribution in [0.3, 0.4) is 0 Å². The van der Waals surface area contributed by atoms with Gasteiger partial charge in [-0.25, -0.2) is 10.8 Å². The van der Waals surface area contributed by atoms with E-state index in [-0.39, 0.29) is 0 Å². The number of hydrogen-bond acceptors (Lipinski definition) is 6. The molecule has 1 saturated heterocycles. The molecule has 0 aromatic carbocycles. The molecule has 0 amide bonds. The van der Waals surface area contributed by atoms with Crippen LogP contribution in [-0.4, -0.2) is 31.7 Å². The van der Waals surface area contributed by atoms with Gasteiger partial charge in [0.2, 0.25) is 5.95 Å². The van der Waals surface area contributed by atoms with E-state index >= 15 is 0 Å². The number of rotatable bonds is 3. The van der Waals surface area contributed by atoms with Crippen LogP contribution in [0.4, 0.5) is 11.8 Å². The minimum Gasteiger partial charge on any atom is -0.367 e. The third-order valence-electron chi connectivity index (χ3n) is 2.83. The fourth-order valence-electron chi connectivity index (χ4n) is 1.79. The van der Waals surface area contributed by atoms with Gasteiger partial charge in [-0.05, 0) is 19.8 Å². The number of nitrogen functional groups attached to an aromatic ring is 1. The number of hydrazine groups is 1. The summed E-state index contributed by atoms with van der Waals surface area (Å²) in [6, 6.07) is 0.340. The van der Waals surface area contributed by atoms with Gasteiger partial charge in [-0.2, -0.15) is 4.98 Å². The lowest BCUT2D eigenvalue weighted by molar-refractivity contribution is 0.622. The molecule has 4 N–H and O–H groups in total. The molecule has 0 unspecified atom stereocenters. The van der Waals surface area contributed by atoms with Crippen molar-refractivity contribution < 1.29 is 4.21 Å². The van der Waals surface area contributed by atoms with Crippen LogP contribution in [0.2, 0.25) is 0 Å². The van der Waals surface area contributed by atoms with E-state index < -0.39 is 10.8 Å². The van der Waals surface area contributed by atoms with Gasteiger partial charge in [-0.15, -0.1) is 0 Å². The SMILES string of the molecule is Cc1cnc(NN)nc1NC1CCS(=O)CC1. The maximum Gasteiger partial charge on any atom is 0.239 e. The minimum atomic E-state index is -0.635. The quantitative estimate of drug-likeness (QED) is 0.534. The van der Waals surface area contributed by atoms with E-state index in [4.69, 9.17) is 5.84 Å². The third-order valence-corrected chi connectivity index (χ3v) is 4.21. The topological polar surface area (TPSA) is 92.9 Å². The Morgan fingerprint density at radius 2 is 2.18 bits per heavy atom. The van der Waals surface area contributed by atoms with Crippen molar-refractivity contribution in [2.45, 2.75) is 25.8 Å². The first-order valence-corrected chi connectivity index (χ1v) is 7.09. The maximum absolute atomic E-state index is 11.3. The van der Waals surface area contributed by atoms with Gasteiger partial charge < -0.3 is 5.32 Å². The zero-order chi connectivity index (χ0) is 12.3. The monoisotopic (exact) mass is 255 g/mol. The first-order chi connectivity index (χ1) is 8.19. The zero-order valence-electron chi connectivity index (χ0n) is 9.77. The normalized spacial score (nSPS) is 24.4. The Labute approximate surface area is 103 Å². The Balaban J connectivity index is 2.04. The van der Waals surface area contributed by atoms with E-state index in [1.807, 2.05) is 6.92 Å². The summed E-state index contributed by atoms with van der Waals surface area (Å²) in [5.74, 6) is 8.01. The molecule has 94 valence electrons. The molecule has 1 aromatic rings. The lowest BCUT2D eigenvalue weighted by Crippen LogP contribution is -2.30. The van der Waals surface area contributed by atoms with Crippen molar-refractivity contribution in [2.75, 3.05) is 22.2 Å². The lowest BCUT2D eigenvalue weighted by atomic mass is 10.1. The number of nitrogens with one attached hydrogen (secondary N) is 2. The van der Waals surface area contributed by atoms with Gasteiger partial charge >= 0.3 is 0 Å². The molecule has 2 rings (SSSR count). The number of aromatic nitrogens is 2. The number of hydrogen-bond donors (Lipinski definition) is 3. The van der Waals surface area contributed by atoms with Gasteiger partial charge in [0.15, 0.2) is 0 Å². The average molecular weight is 255 g/mol. The molecule has 2 heterocycles. The van der Waals surface area contributed by atoms with Gasteiger partial charge in [0, 0.05) is 40.1 Å².